The van der Waals surface area contributed by atoms with Crippen LogP contribution in [0.4, 0.5) is 0 Å². The van der Waals surface area contributed by atoms with Crippen LogP contribution in [0.1, 0.15) is 38.4 Å². The number of aromatic nitrogens is 1. The smallest absolute Gasteiger partial charge is 0.305 e. The van der Waals surface area contributed by atoms with E-state index in [1.165, 1.54) is 0 Å². The Balaban J connectivity index is 2.06. The van der Waals surface area contributed by atoms with Crippen molar-refractivity contribution in [3.63, 3.8) is 0 Å². The van der Waals surface area contributed by atoms with E-state index in [4.69, 9.17) is 5.11 Å². The Morgan fingerprint density at radius 2 is 1.69 bits per heavy atom. The number of hydrogen-bond acceptors (Lipinski definition) is 3. The summed E-state index contributed by atoms with van der Waals surface area (Å²) in [5, 5.41) is 30.0. The van der Waals surface area contributed by atoms with Crippen LogP contribution in [0.3, 0.4) is 0 Å². The van der Waals surface area contributed by atoms with Crippen LogP contribution in [-0.2, 0) is 4.79 Å². The summed E-state index contributed by atoms with van der Waals surface area (Å²) in [5.74, 6) is -1.08. The predicted molar refractivity (Wildman–Crippen MR) is 116 cm³/mol. The maximum Gasteiger partial charge on any atom is 0.305 e. The molecule has 0 amide bonds. The van der Waals surface area contributed by atoms with Crippen molar-refractivity contribution in [2.75, 3.05) is 0 Å². The summed E-state index contributed by atoms with van der Waals surface area (Å²) in [6, 6.07) is 18.5. The summed E-state index contributed by atoms with van der Waals surface area (Å²) in [5.41, 5.74) is 4.26. The quantitative estimate of drug-likeness (QED) is 0.527. The molecule has 2 aromatic carbocycles. The minimum absolute atomic E-state index is 0.0224. The first kappa shape index (κ1) is 20.8. The summed E-state index contributed by atoms with van der Waals surface area (Å²) >= 11 is 0. The molecule has 5 nitrogen and oxygen atoms in total. The summed E-state index contributed by atoms with van der Waals surface area (Å²) in [4.78, 5) is 10.7. The number of carboxylic acids is 1. The van der Waals surface area contributed by atoms with E-state index in [9.17, 15) is 15.0 Å². The highest BCUT2D eigenvalue weighted by Gasteiger charge is 2.19. The van der Waals surface area contributed by atoms with Crippen LogP contribution in [0.25, 0.3) is 28.1 Å². The molecular weight excluding hydrogens is 366 g/mol. The van der Waals surface area contributed by atoms with Gasteiger partial charge in [-0.1, -0.05) is 54.6 Å². The highest BCUT2D eigenvalue weighted by molar-refractivity contribution is 6.01. The molecule has 0 radical (unpaired) electrons. The third-order valence-corrected chi connectivity index (χ3v) is 4.93. The molecule has 0 saturated carbocycles. The second kappa shape index (κ2) is 9.07. The molecule has 3 rings (SSSR count). The molecule has 0 spiro atoms. The Hall–Kier alpha value is -2.89. The molecule has 5 heteroatoms. The topological polar surface area (TPSA) is 82.7 Å². The SMILES string of the molecule is CC(C)n1c(C=CC(O)CC(O)CC(=O)O)c(-c2ccccc2)c2ccccc21. The zero-order valence-electron chi connectivity index (χ0n) is 16.7. The molecule has 0 fully saturated rings. The van der Waals surface area contributed by atoms with Gasteiger partial charge in [0.15, 0.2) is 0 Å². The largest absolute Gasteiger partial charge is 0.481 e. The second-order valence-electron chi connectivity index (χ2n) is 7.52. The number of rotatable bonds is 8. The van der Waals surface area contributed by atoms with E-state index in [1.807, 2.05) is 36.4 Å². The summed E-state index contributed by atoms with van der Waals surface area (Å²) in [7, 11) is 0. The first-order chi connectivity index (χ1) is 13.9. The van der Waals surface area contributed by atoms with Gasteiger partial charge < -0.3 is 19.9 Å². The molecule has 0 aliphatic heterocycles. The molecule has 3 aromatic rings. The molecule has 1 heterocycles. The molecule has 2 atom stereocenters. The van der Waals surface area contributed by atoms with Crippen molar-refractivity contribution in [3.05, 3.63) is 66.4 Å². The predicted octanol–water partition coefficient (Wildman–Crippen LogP) is 4.49. The highest BCUT2D eigenvalue weighted by atomic mass is 16.4. The standard InChI is InChI=1S/C24H27NO4/c1-16(2)25-21-11-7-6-10-20(21)24(17-8-4-3-5-9-17)22(25)13-12-18(26)14-19(27)15-23(28)29/h3-13,16,18-19,26-27H,14-15H2,1-2H3,(H,28,29). The Bertz CT molecular complexity index is 1000. The fraction of sp³-hybridized carbons (Fsp3) is 0.292. The van der Waals surface area contributed by atoms with Crippen LogP contribution in [0.15, 0.2) is 60.7 Å². The van der Waals surface area contributed by atoms with Gasteiger partial charge in [-0.2, -0.15) is 0 Å². The Kier molecular flexibility index (Phi) is 6.52. The Labute approximate surface area is 170 Å². The van der Waals surface area contributed by atoms with Crippen LogP contribution in [0, 0.1) is 0 Å². The van der Waals surface area contributed by atoms with E-state index in [2.05, 4.69) is 42.7 Å². The average molecular weight is 393 g/mol. The summed E-state index contributed by atoms with van der Waals surface area (Å²) < 4.78 is 2.23. The lowest BCUT2D eigenvalue weighted by Crippen LogP contribution is -2.19. The number of carbonyl (C=O) groups is 1. The van der Waals surface area contributed by atoms with Gasteiger partial charge in [-0.05, 0) is 31.6 Å². The summed E-state index contributed by atoms with van der Waals surface area (Å²) in [6.07, 6.45) is 1.08. The molecule has 0 saturated heterocycles. The van der Waals surface area contributed by atoms with Crippen LogP contribution in [-0.4, -0.2) is 38.1 Å². The van der Waals surface area contributed by atoms with Crippen molar-refractivity contribution in [1.29, 1.82) is 0 Å². The lowest BCUT2D eigenvalue weighted by molar-refractivity contribution is -0.139. The van der Waals surface area contributed by atoms with Crippen LogP contribution in [0.5, 0.6) is 0 Å². The minimum atomic E-state index is -1.09. The molecule has 29 heavy (non-hydrogen) atoms. The first-order valence-electron chi connectivity index (χ1n) is 9.83. The number of fused-ring (bicyclic) bond motifs is 1. The van der Waals surface area contributed by atoms with Crippen molar-refractivity contribution < 1.29 is 20.1 Å². The number of benzene rings is 2. The third kappa shape index (κ3) is 4.75. The van der Waals surface area contributed by atoms with Gasteiger partial charge in [-0.25, -0.2) is 0 Å². The number of carboxylic acid groups (broad SMARTS) is 1. The molecule has 0 aliphatic rings. The van der Waals surface area contributed by atoms with Gasteiger partial charge >= 0.3 is 5.97 Å². The van der Waals surface area contributed by atoms with E-state index in [-0.39, 0.29) is 18.9 Å². The monoisotopic (exact) mass is 393 g/mol. The van der Waals surface area contributed by atoms with E-state index in [1.54, 1.807) is 6.08 Å². The fourth-order valence-corrected chi connectivity index (χ4v) is 3.76. The maximum absolute atomic E-state index is 10.7. The van der Waals surface area contributed by atoms with Crippen LogP contribution >= 0.6 is 0 Å². The number of aliphatic hydroxyl groups is 2. The number of nitrogens with zero attached hydrogens (tertiary/aromatic N) is 1. The van der Waals surface area contributed by atoms with Gasteiger partial charge in [0.05, 0.1) is 18.6 Å². The van der Waals surface area contributed by atoms with E-state index < -0.39 is 18.2 Å². The average Bonchev–Trinajstić information content (AvgIpc) is 3.00. The Morgan fingerprint density at radius 3 is 2.34 bits per heavy atom. The molecule has 0 bridgehead atoms. The third-order valence-electron chi connectivity index (χ3n) is 4.93. The first-order valence-corrected chi connectivity index (χ1v) is 9.83. The molecular formula is C24H27NO4. The molecule has 0 aliphatic carbocycles. The molecule has 152 valence electrons. The number of aliphatic hydroxyl groups excluding tert-OH is 2. The van der Waals surface area contributed by atoms with Gasteiger partial charge in [-0.15, -0.1) is 0 Å². The number of para-hydroxylation sites is 1. The normalized spacial score (nSPS) is 14.0. The molecule has 1 aromatic heterocycles. The maximum atomic E-state index is 10.7. The van der Waals surface area contributed by atoms with Crippen molar-refractivity contribution in [1.82, 2.24) is 4.57 Å². The van der Waals surface area contributed by atoms with Crippen LogP contribution < -0.4 is 0 Å². The van der Waals surface area contributed by atoms with Gasteiger partial charge in [0.1, 0.15) is 0 Å². The van der Waals surface area contributed by atoms with E-state index >= 15 is 0 Å². The number of hydrogen-bond donors (Lipinski definition) is 3. The zero-order chi connectivity index (χ0) is 21.0. The lowest BCUT2D eigenvalue weighted by atomic mass is 10.0. The van der Waals surface area contributed by atoms with Crippen molar-refractivity contribution in [2.24, 2.45) is 0 Å². The zero-order valence-corrected chi connectivity index (χ0v) is 16.7. The summed E-state index contributed by atoms with van der Waals surface area (Å²) in [6.45, 7) is 4.23. The highest BCUT2D eigenvalue weighted by Crippen LogP contribution is 2.37. The number of aliphatic carboxylic acids is 1. The van der Waals surface area contributed by atoms with Gasteiger partial charge in [-0.3, -0.25) is 4.79 Å². The van der Waals surface area contributed by atoms with Crippen molar-refractivity contribution in [3.8, 4) is 11.1 Å². The lowest BCUT2D eigenvalue weighted by Gasteiger charge is -2.15. The van der Waals surface area contributed by atoms with Gasteiger partial charge in [0, 0.05) is 34.6 Å². The van der Waals surface area contributed by atoms with Gasteiger partial charge in [0.2, 0.25) is 0 Å². The van der Waals surface area contributed by atoms with Crippen LogP contribution in [0.2, 0.25) is 0 Å². The second-order valence-corrected chi connectivity index (χ2v) is 7.52. The van der Waals surface area contributed by atoms with Gasteiger partial charge in [0.25, 0.3) is 0 Å². The van der Waals surface area contributed by atoms with E-state index in [0.717, 1.165) is 27.7 Å². The Morgan fingerprint density at radius 1 is 1.03 bits per heavy atom. The molecule has 3 N–H and O–H groups in total. The van der Waals surface area contributed by atoms with E-state index in [0.29, 0.717) is 0 Å². The minimum Gasteiger partial charge on any atom is -0.481 e. The molecule has 2 unspecified atom stereocenters. The van der Waals surface area contributed by atoms with Crippen molar-refractivity contribution >= 4 is 22.9 Å². The van der Waals surface area contributed by atoms with Crippen molar-refractivity contribution in [2.45, 2.75) is 44.9 Å². The fourth-order valence-electron chi connectivity index (χ4n) is 3.76.